The number of ether oxygens (including phenoxy) is 2. The van der Waals surface area contributed by atoms with Crippen molar-refractivity contribution in [2.45, 2.75) is 19.3 Å². The maximum absolute atomic E-state index is 10.3. The van der Waals surface area contributed by atoms with E-state index < -0.39 is 6.10 Å². The van der Waals surface area contributed by atoms with Gasteiger partial charge in [-0.25, -0.2) is 0 Å². The summed E-state index contributed by atoms with van der Waals surface area (Å²) in [6.45, 7) is 1.44. The number of hydrogen-bond donors (Lipinski definition) is 2. The van der Waals surface area contributed by atoms with E-state index >= 15 is 0 Å². The molecule has 0 heterocycles. The molecule has 4 nitrogen and oxygen atoms in total. The van der Waals surface area contributed by atoms with Crippen LogP contribution < -0.4 is 14.8 Å². The first kappa shape index (κ1) is 20.4. The highest BCUT2D eigenvalue weighted by atomic mass is 79.9. The molecule has 1 atom stereocenters. The van der Waals surface area contributed by atoms with Gasteiger partial charge in [0, 0.05) is 23.1 Å². The second kappa shape index (κ2) is 10.3. The summed E-state index contributed by atoms with van der Waals surface area (Å²) >= 11 is 3.53. The number of hydrogen-bond acceptors (Lipinski definition) is 4. The maximum Gasteiger partial charge on any atom is 0.166 e. The molecule has 0 fully saturated rings. The number of rotatable bonds is 9. The molecule has 2 N–H and O–H groups in total. The van der Waals surface area contributed by atoms with E-state index in [1.807, 2.05) is 72.8 Å². The van der Waals surface area contributed by atoms with E-state index in [9.17, 15) is 5.11 Å². The summed E-state index contributed by atoms with van der Waals surface area (Å²) in [6, 6.07) is 23.5. The Kier molecular flexibility index (Phi) is 7.48. The van der Waals surface area contributed by atoms with Crippen LogP contribution >= 0.6 is 15.9 Å². The predicted octanol–water partition coefficient (Wildman–Crippen LogP) is 4.86. The zero-order valence-corrected chi connectivity index (χ0v) is 17.4. The van der Waals surface area contributed by atoms with Crippen LogP contribution in [0.4, 0.5) is 0 Å². The molecule has 0 saturated heterocycles. The van der Waals surface area contributed by atoms with Crippen LogP contribution in [0.25, 0.3) is 0 Å². The monoisotopic (exact) mass is 441 g/mol. The molecule has 28 heavy (non-hydrogen) atoms. The highest BCUT2D eigenvalue weighted by Crippen LogP contribution is 2.35. The average molecular weight is 442 g/mol. The molecule has 0 aliphatic heterocycles. The minimum absolute atomic E-state index is 0.441. The SMILES string of the molecule is COc1cc(Br)cc(CNC[C@@H](O)c2ccccc2)c1OCc1ccccc1. The lowest BCUT2D eigenvalue weighted by Crippen LogP contribution is -2.21. The highest BCUT2D eigenvalue weighted by molar-refractivity contribution is 9.10. The zero-order chi connectivity index (χ0) is 19.8. The van der Waals surface area contributed by atoms with Gasteiger partial charge in [-0.3, -0.25) is 0 Å². The molecule has 0 saturated carbocycles. The molecule has 146 valence electrons. The van der Waals surface area contributed by atoms with Crippen LogP contribution in [0.2, 0.25) is 0 Å². The van der Waals surface area contributed by atoms with Crippen molar-refractivity contribution in [1.29, 1.82) is 0 Å². The van der Waals surface area contributed by atoms with Crippen LogP contribution in [0.15, 0.2) is 77.3 Å². The van der Waals surface area contributed by atoms with E-state index in [1.54, 1.807) is 7.11 Å². The summed E-state index contributed by atoms with van der Waals surface area (Å²) in [4.78, 5) is 0. The Morgan fingerprint density at radius 2 is 1.68 bits per heavy atom. The van der Waals surface area contributed by atoms with Gasteiger partial charge in [0.1, 0.15) is 6.61 Å². The van der Waals surface area contributed by atoms with E-state index in [2.05, 4.69) is 21.2 Å². The molecule has 0 spiro atoms. The summed E-state index contributed by atoms with van der Waals surface area (Å²) in [5.41, 5.74) is 2.94. The van der Waals surface area contributed by atoms with E-state index in [1.165, 1.54) is 0 Å². The number of benzene rings is 3. The molecule has 0 unspecified atom stereocenters. The van der Waals surface area contributed by atoms with Gasteiger partial charge in [-0.15, -0.1) is 0 Å². The largest absolute Gasteiger partial charge is 0.493 e. The van der Waals surface area contributed by atoms with Gasteiger partial charge in [0.15, 0.2) is 11.5 Å². The fourth-order valence-corrected chi connectivity index (χ4v) is 3.42. The van der Waals surface area contributed by atoms with E-state index in [-0.39, 0.29) is 0 Å². The highest BCUT2D eigenvalue weighted by Gasteiger charge is 2.14. The van der Waals surface area contributed by atoms with Gasteiger partial charge in [0.05, 0.1) is 13.2 Å². The van der Waals surface area contributed by atoms with Crippen molar-refractivity contribution in [2.24, 2.45) is 0 Å². The smallest absolute Gasteiger partial charge is 0.166 e. The van der Waals surface area contributed by atoms with Crippen LogP contribution in [-0.2, 0) is 13.2 Å². The predicted molar refractivity (Wildman–Crippen MR) is 115 cm³/mol. The minimum Gasteiger partial charge on any atom is -0.493 e. The number of nitrogens with one attached hydrogen (secondary N) is 1. The summed E-state index contributed by atoms with van der Waals surface area (Å²) in [5.74, 6) is 1.38. The molecule has 0 bridgehead atoms. The Hall–Kier alpha value is -2.34. The Labute approximate surface area is 174 Å². The van der Waals surface area contributed by atoms with Crippen LogP contribution in [0.3, 0.4) is 0 Å². The number of aliphatic hydroxyl groups is 1. The van der Waals surface area contributed by atoms with Gasteiger partial charge in [-0.05, 0) is 23.3 Å². The molecule has 0 amide bonds. The first-order valence-corrected chi connectivity index (χ1v) is 9.93. The van der Waals surface area contributed by atoms with Gasteiger partial charge in [-0.2, -0.15) is 0 Å². The summed E-state index contributed by atoms with van der Waals surface area (Å²) < 4.78 is 12.5. The third-order valence-electron chi connectivity index (χ3n) is 4.38. The van der Waals surface area contributed by atoms with Crippen LogP contribution in [0.5, 0.6) is 11.5 Å². The number of halogens is 1. The summed E-state index contributed by atoms with van der Waals surface area (Å²) in [7, 11) is 1.63. The maximum atomic E-state index is 10.3. The molecular formula is C23H24BrNO3. The standard InChI is InChI=1S/C23H24BrNO3/c1-27-22-13-20(24)12-19(23(22)28-16-17-8-4-2-5-9-17)14-25-15-21(26)18-10-6-3-7-11-18/h2-13,21,25-26H,14-16H2,1H3/t21-/m1/s1. The van der Waals surface area contributed by atoms with E-state index in [0.29, 0.717) is 31.2 Å². The molecule has 3 aromatic carbocycles. The third kappa shape index (κ3) is 5.58. The van der Waals surface area contributed by atoms with Crippen molar-refractivity contribution in [3.8, 4) is 11.5 Å². The van der Waals surface area contributed by atoms with Crippen molar-refractivity contribution in [3.63, 3.8) is 0 Å². The molecule has 3 aromatic rings. The van der Waals surface area contributed by atoms with Gasteiger partial charge in [0.25, 0.3) is 0 Å². The molecule has 5 heteroatoms. The van der Waals surface area contributed by atoms with Crippen molar-refractivity contribution in [2.75, 3.05) is 13.7 Å². The first-order chi connectivity index (χ1) is 13.7. The lowest BCUT2D eigenvalue weighted by Gasteiger charge is -2.17. The fraction of sp³-hybridized carbons (Fsp3) is 0.217. The van der Waals surface area contributed by atoms with E-state index in [4.69, 9.17) is 9.47 Å². The average Bonchev–Trinajstić information content (AvgIpc) is 2.74. The number of aliphatic hydroxyl groups excluding tert-OH is 1. The normalized spacial score (nSPS) is 11.8. The Balaban J connectivity index is 1.69. The van der Waals surface area contributed by atoms with Crippen LogP contribution in [0.1, 0.15) is 22.8 Å². The molecule has 0 aliphatic rings. The van der Waals surface area contributed by atoms with Crippen molar-refractivity contribution in [1.82, 2.24) is 5.32 Å². The summed E-state index contributed by atoms with van der Waals surface area (Å²) in [6.07, 6.45) is -0.566. The first-order valence-electron chi connectivity index (χ1n) is 9.14. The quantitative estimate of drug-likeness (QED) is 0.497. The van der Waals surface area contributed by atoms with Gasteiger partial charge in [-0.1, -0.05) is 76.6 Å². The van der Waals surface area contributed by atoms with Gasteiger partial charge in [0.2, 0.25) is 0 Å². The zero-order valence-electron chi connectivity index (χ0n) is 15.8. The van der Waals surface area contributed by atoms with Crippen LogP contribution in [0, 0.1) is 0 Å². The lowest BCUT2D eigenvalue weighted by atomic mass is 10.1. The van der Waals surface area contributed by atoms with Gasteiger partial charge >= 0.3 is 0 Å². The van der Waals surface area contributed by atoms with Crippen molar-refractivity contribution < 1.29 is 14.6 Å². The topological polar surface area (TPSA) is 50.7 Å². The van der Waals surface area contributed by atoms with Crippen LogP contribution in [-0.4, -0.2) is 18.8 Å². The molecule has 0 aromatic heterocycles. The minimum atomic E-state index is -0.566. The molecule has 0 aliphatic carbocycles. The second-order valence-electron chi connectivity index (χ2n) is 6.43. The Morgan fingerprint density at radius 3 is 2.36 bits per heavy atom. The number of methoxy groups -OCH3 is 1. The lowest BCUT2D eigenvalue weighted by molar-refractivity contribution is 0.174. The Bertz CT molecular complexity index is 872. The summed E-state index contributed by atoms with van der Waals surface area (Å²) in [5, 5.41) is 13.7. The second-order valence-corrected chi connectivity index (χ2v) is 7.34. The molecule has 3 rings (SSSR count). The van der Waals surface area contributed by atoms with Crippen molar-refractivity contribution in [3.05, 3.63) is 94.0 Å². The Morgan fingerprint density at radius 1 is 1.00 bits per heavy atom. The van der Waals surface area contributed by atoms with Crippen molar-refractivity contribution >= 4 is 15.9 Å². The molecular weight excluding hydrogens is 418 g/mol. The van der Waals surface area contributed by atoms with E-state index in [0.717, 1.165) is 21.2 Å². The van der Waals surface area contributed by atoms with Gasteiger partial charge < -0.3 is 19.9 Å². The third-order valence-corrected chi connectivity index (χ3v) is 4.84. The fourth-order valence-electron chi connectivity index (χ4n) is 2.94. The molecule has 0 radical (unpaired) electrons.